The molecule has 2 aromatic carbocycles. The van der Waals surface area contributed by atoms with Gasteiger partial charge in [0.05, 0.1) is 29.1 Å². The van der Waals surface area contributed by atoms with Crippen molar-refractivity contribution in [3.63, 3.8) is 0 Å². The summed E-state index contributed by atoms with van der Waals surface area (Å²) in [6.45, 7) is 0.0161. The normalized spacial score (nSPS) is 11.4. The lowest BCUT2D eigenvalue weighted by Crippen LogP contribution is -2.26. The highest BCUT2D eigenvalue weighted by Crippen LogP contribution is 2.32. The van der Waals surface area contributed by atoms with Gasteiger partial charge in [0.1, 0.15) is 4.90 Å². The second-order valence-corrected chi connectivity index (χ2v) is 9.71. The number of hydrogen-bond acceptors (Lipinski definition) is 8. The summed E-state index contributed by atoms with van der Waals surface area (Å²) in [5, 5.41) is 8.72. The van der Waals surface area contributed by atoms with Gasteiger partial charge in [0.2, 0.25) is 10.0 Å². The van der Waals surface area contributed by atoms with E-state index >= 15 is 0 Å². The van der Waals surface area contributed by atoms with Gasteiger partial charge in [0, 0.05) is 28.9 Å². The van der Waals surface area contributed by atoms with Crippen LogP contribution < -0.4 is 16.2 Å². The van der Waals surface area contributed by atoms with Gasteiger partial charge in [-0.2, -0.15) is 0 Å². The zero-order valence-electron chi connectivity index (χ0n) is 19.4. The summed E-state index contributed by atoms with van der Waals surface area (Å²) in [5.41, 5.74) is 9.99. The molecular weight excluding hydrogens is 490 g/mol. The summed E-state index contributed by atoms with van der Waals surface area (Å²) in [6.07, 6.45) is 2.85. The van der Waals surface area contributed by atoms with Crippen LogP contribution in [0.25, 0.3) is 33.4 Å². The zero-order chi connectivity index (χ0) is 26.0. The first-order valence-electron chi connectivity index (χ1n) is 11.1. The lowest BCUT2D eigenvalue weighted by atomic mass is 10.0. The molecule has 0 bridgehead atoms. The summed E-state index contributed by atoms with van der Waals surface area (Å²) in [6, 6.07) is 21.7. The second-order valence-electron chi connectivity index (χ2n) is 8.14. The highest BCUT2D eigenvalue weighted by molar-refractivity contribution is 7.89. The largest absolute Gasteiger partial charge is 0.382 e. The van der Waals surface area contributed by atoms with E-state index < -0.39 is 15.9 Å². The number of rotatable bonds is 6. The van der Waals surface area contributed by atoms with E-state index in [1.165, 1.54) is 12.1 Å². The van der Waals surface area contributed by atoms with E-state index in [4.69, 9.17) is 10.9 Å². The summed E-state index contributed by atoms with van der Waals surface area (Å²) in [7, 11) is -3.86. The Hall–Kier alpha value is -4.74. The molecule has 0 radical (unpaired) electrons. The summed E-state index contributed by atoms with van der Waals surface area (Å²) in [5.74, 6) is -0.578. The predicted molar refractivity (Wildman–Crippen MR) is 139 cm³/mol. The van der Waals surface area contributed by atoms with Crippen molar-refractivity contribution in [2.45, 2.75) is 11.4 Å². The average molecular weight is 512 g/mol. The fourth-order valence-corrected chi connectivity index (χ4v) is 4.23. The molecule has 5 N–H and O–H groups in total. The third kappa shape index (κ3) is 5.13. The molecule has 0 saturated carbocycles. The molecule has 0 aliphatic carbocycles. The minimum atomic E-state index is -3.86. The van der Waals surface area contributed by atoms with Crippen LogP contribution in [-0.4, -0.2) is 34.3 Å². The minimum absolute atomic E-state index is 0.0161. The molecule has 5 aromatic rings. The lowest BCUT2D eigenvalue weighted by Gasteiger charge is -2.13. The molecule has 11 heteroatoms. The van der Waals surface area contributed by atoms with Gasteiger partial charge in [0.15, 0.2) is 11.5 Å². The van der Waals surface area contributed by atoms with Crippen LogP contribution in [0, 0.1) is 0 Å². The number of nitrogens with two attached hydrogens (primary N) is 2. The van der Waals surface area contributed by atoms with Crippen LogP contribution in [0.15, 0.2) is 90.1 Å². The van der Waals surface area contributed by atoms with E-state index in [0.29, 0.717) is 17.1 Å². The molecule has 3 heterocycles. The van der Waals surface area contributed by atoms with Gasteiger partial charge in [0.25, 0.3) is 5.91 Å². The van der Waals surface area contributed by atoms with E-state index in [0.717, 1.165) is 28.2 Å². The van der Waals surface area contributed by atoms with Crippen molar-refractivity contribution in [3.8, 4) is 22.5 Å². The number of nitrogens with one attached hydrogen (secondary N) is 1. The van der Waals surface area contributed by atoms with E-state index in [-0.39, 0.29) is 23.0 Å². The molecule has 0 aliphatic heterocycles. The summed E-state index contributed by atoms with van der Waals surface area (Å²) >= 11 is 0. The second kappa shape index (κ2) is 9.72. The van der Waals surface area contributed by atoms with E-state index in [2.05, 4.69) is 25.3 Å². The van der Waals surface area contributed by atoms with Crippen molar-refractivity contribution < 1.29 is 13.2 Å². The number of hydrogen-bond donors (Lipinski definition) is 3. The number of nitrogens with zero attached hydrogens (tertiary/aromatic N) is 4. The first-order chi connectivity index (χ1) is 17.8. The number of carbonyl (C=O) groups is 1. The number of sulfonamides is 1. The summed E-state index contributed by atoms with van der Waals surface area (Å²) < 4.78 is 22.8. The van der Waals surface area contributed by atoms with Crippen LogP contribution in [0.2, 0.25) is 0 Å². The number of nitrogen functional groups attached to an aromatic ring is 1. The molecule has 10 nitrogen and oxygen atoms in total. The van der Waals surface area contributed by atoms with Crippen molar-refractivity contribution in [3.05, 3.63) is 96.6 Å². The Bertz CT molecular complexity index is 1730. The molecule has 0 aliphatic rings. The first-order valence-corrected chi connectivity index (χ1v) is 12.7. The fraction of sp³-hybridized carbons (Fsp3) is 0.0385. The van der Waals surface area contributed by atoms with Gasteiger partial charge in [-0.25, -0.2) is 23.5 Å². The van der Waals surface area contributed by atoms with Crippen LogP contribution in [0.4, 0.5) is 5.82 Å². The molecule has 3 aromatic heterocycles. The first kappa shape index (κ1) is 24.0. The Morgan fingerprint density at radius 2 is 1.65 bits per heavy atom. The van der Waals surface area contributed by atoms with Crippen molar-refractivity contribution in [2.24, 2.45) is 5.14 Å². The van der Waals surface area contributed by atoms with Gasteiger partial charge in [-0.3, -0.25) is 14.8 Å². The SMILES string of the molecule is Nc1nc(-c2ccccc2)c(-c2ccc3ncccc3c2)nc1C(=O)NCc1ccc(S(N)(=O)=O)cn1. The van der Waals surface area contributed by atoms with Gasteiger partial charge in [-0.15, -0.1) is 0 Å². The fourth-order valence-electron chi connectivity index (χ4n) is 3.78. The standard InChI is InChI=1S/C26H21N7O3S/c27-25-24(26(34)31-14-19-9-10-20(15-30-19)37(28,35)36)32-23(22(33-25)16-5-2-1-3-6-16)18-8-11-21-17(13-18)7-4-12-29-21/h1-13,15H,14H2,(H2,27,33)(H,31,34)(H2,28,35,36). The molecule has 0 atom stereocenters. The van der Waals surface area contributed by atoms with E-state index in [1.54, 1.807) is 6.20 Å². The van der Waals surface area contributed by atoms with Crippen LogP contribution >= 0.6 is 0 Å². The molecule has 0 saturated heterocycles. The maximum absolute atomic E-state index is 13.1. The number of primary sulfonamides is 1. The van der Waals surface area contributed by atoms with E-state index in [1.807, 2.05) is 60.7 Å². The highest BCUT2D eigenvalue weighted by atomic mass is 32.2. The maximum Gasteiger partial charge on any atom is 0.274 e. The Morgan fingerprint density at radius 1 is 0.865 bits per heavy atom. The number of pyridine rings is 2. The van der Waals surface area contributed by atoms with Crippen molar-refractivity contribution in [1.82, 2.24) is 25.3 Å². The van der Waals surface area contributed by atoms with E-state index in [9.17, 15) is 13.2 Å². The van der Waals surface area contributed by atoms with Crippen LogP contribution in [-0.2, 0) is 16.6 Å². The van der Waals surface area contributed by atoms with Crippen LogP contribution in [0.3, 0.4) is 0 Å². The molecular formula is C26H21N7O3S. The van der Waals surface area contributed by atoms with Crippen LogP contribution in [0.1, 0.15) is 16.2 Å². The number of fused-ring (bicyclic) bond motifs is 1. The Balaban J connectivity index is 1.51. The molecule has 0 fully saturated rings. The molecule has 0 spiro atoms. The van der Waals surface area contributed by atoms with Crippen molar-refractivity contribution >= 4 is 32.7 Å². The van der Waals surface area contributed by atoms with Gasteiger partial charge >= 0.3 is 0 Å². The van der Waals surface area contributed by atoms with Crippen LogP contribution in [0.5, 0.6) is 0 Å². The molecule has 184 valence electrons. The quantitative estimate of drug-likeness (QED) is 0.313. The predicted octanol–water partition coefficient (Wildman–Crippen LogP) is 2.91. The smallest absolute Gasteiger partial charge is 0.274 e. The number of amides is 1. The van der Waals surface area contributed by atoms with Gasteiger partial charge in [-0.05, 0) is 30.3 Å². The number of aromatic nitrogens is 4. The highest BCUT2D eigenvalue weighted by Gasteiger charge is 2.20. The van der Waals surface area contributed by atoms with Gasteiger partial charge < -0.3 is 11.1 Å². The number of benzene rings is 2. The Kier molecular flexibility index (Phi) is 6.30. The maximum atomic E-state index is 13.1. The minimum Gasteiger partial charge on any atom is -0.382 e. The van der Waals surface area contributed by atoms with Crippen molar-refractivity contribution in [2.75, 3.05) is 5.73 Å². The number of carbonyl (C=O) groups excluding carboxylic acids is 1. The lowest BCUT2D eigenvalue weighted by molar-refractivity contribution is 0.0946. The van der Waals surface area contributed by atoms with Gasteiger partial charge in [-0.1, -0.05) is 42.5 Å². The Labute approximate surface area is 212 Å². The molecule has 0 unspecified atom stereocenters. The summed E-state index contributed by atoms with van der Waals surface area (Å²) in [4.78, 5) is 30.5. The number of anilines is 1. The third-order valence-electron chi connectivity index (χ3n) is 5.62. The topological polar surface area (TPSA) is 167 Å². The Morgan fingerprint density at radius 3 is 2.38 bits per heavy atom. The average Bonchev–Trinajstić information content (AvgIpc) is 2.91. The third-order valence-corrected chi connectivity index (χ3v) is 6.52. The zero-order valence-corrected chi connectivity index (χ0v) is 20.2. The van der Waals surface area contributed by atoms with Crippen molar-refractivity contribution in [1.29, 1.82) is 0 Å². The molecule has 5 rings (SSSR count). The monoisotopic (exact) mass is 511 g/mol. The molecule has 37 heavy (non-hydrogen) atoms. The molecule has 1 amide bonds.